The van der Waals surface area contributed by atoms with Gasteiger partial charge in [-0.15, -0.1) is 0 Å². The Morgan fingerprint density at radius 2 is 2.12 bits per heavy atom. The second-order valence-corrected chi connectivity index (χ2v) is 7.74. The fourth-order valence-electron chi connectivity index (χ4n) is 3.37. The minimum absolute atomic E-state index is 0.0109. The highest BCUT2D eigenvalue weighted by Gasteiger charge is 2.30. The van der Waals surface area contributed by atoms with Crippen LogP contribution in [0, 0.1) is 0 Å². The maximum Gasteiger partial charge on any atom is 0.261 e. The minimum Gasteiger partial charge on any atom is -0.483 e. The molecule has 1 saturated heterocycles. The zero-order valence-electron chi connectivity index (χ0n) is 16.0. The van der Waals surface area contributed by atoms with Crippen LogP contribution in [-0.4, -0.2) is 46.6 Å². The van der Waals surface area contributed by atoms with E-state index in [1.165, 1.54) is 0 Å². The molecule has 6 nitrogen and oxygen atoms in total. The molecule has 1 unspecified atom stereocenters. The van der Waals surface area contributed by atoms with Gasteiger partial charge in [-0.05, 0) is 17.0 Å². The molecule has 1 N–H and O–H groups in total. The minimum atomic E-state index is -0.0716. The van der Waals surface area contributed by atoms with Crippen molar-refractivity contribution in [3.63, 3.8) is 0 Å². The van der Waals surface area contributed by atoms with E-state index in [0.717, 1.165) is 23.7 Å². The first-order valence-electron chi connectivity index (χ1n) is 9.07. The number of piperazine rings is 1. The van der Waals surface area contributed by atoms with Crippen LogP contribution in [0.1, 0.15) is 38.2 Å². The van der Waals surface area contributed by atoms with Crippen LogP contribution in [0.25, 0.3) is 0 Å². The molecular weight excluding hydrogens is 328 g/mol. The summed E-state index contributed by atoms with van der Waals surface area (Å²) < 4.78 is 7.90. The third kappa shape index (κ3) is 3.90. The van der Waals surface area contributed by atoms with Gasteiger partial charge < -0.3 is 19.5 Å². The SMILES string of the molecule is Cn1ccnc1C1CNCCN1C(=O)COc1ccccc1C(C)(C)C. The second kappa shape index (κ2) is 7.50. The Bertz CT molecular complexity index is 763. The number of carbonyl (C=O) groups is 1. The molecule has 1 atom stereocenters. The van der Waals surface area contributed by atoms with Gasteiger partial charge in [-0.2, -0.15) is 0 Å². The van der Waals surface area contributed by atoms with Gasteiger partial charge in [0.05, 0.1) is 0 Å². The number of rotatable bonds is 4. The monoisotopic (exact) mass is 356 g/mol. The van der Waals surface area contributed by atoms with Gasteiger partial charge in [-0.25, -0.2) is 4.98 Å². The number of carbonyl (C=O) groups excluding carboxylic acids is 1. The molecule has 140 valence electrons. The summed E-state index contributed by atoms with van der Waals surface area (Å²) in [4.78, 5) is 19.2. The van der Waals surface area contributed by atoms with Crippen molar-refractivity contribution in [2.45, 2.75) is 32.2 Å². The Balaban J connectivity index is 1.73. The summed E-state index contributed by atoms with van der Waals surface area (Å²) >= 11 is 0. The van der Waals surface area contributed by atoms with Crippen molar-refractivity contribution in [2.24, 2.45) is 7.05 Å². The van der Waals surface area contributed by atoms with Crippen molar-refractivity contribution >= 4 is 5.91 Å². The molecule has 1 fully saturated rings. The molecule has 1 aliphatic heterocycles. The molecule has 2 aromatic rings. The lowest BCUT2D eigenvalue weighted by Crippen LogP contribution is -2.50. The van der Waals surface area contributed by atoms with Crippen LogP contribution in [0.2, 0.25) is 0 Å². The van der Waals surface area contributed by atoms with Crippen molar-refractivity contribution in [1.82, 2.24) is 19.8 Å². The largest absolute Gasteiger partial charge is 0.483 e. The number of benzene rings is 1. The lowest BCUT2D eigenvalue weighted by atomic mass is 9.86. The van der Waals surface area contributed by atoms with E-state index >= 15 is 0 Å². The highest BCUT2D eigenvalue weighted by Crippen LogP contribution is 2.31. The average molecular weight is 356 g/mol. The summed E-state index contributed by atoms with van der Waals surface area (Å²) in [6, 6.07) is 7.86. The van der Waals surface area contributed by atoms with E-state index in [0.29, 0.717) is 13.1 Å². The van der Waals surface area contributed by atoms with Gasteiger partial charge in [-0.3, -0.25) is 4.79 Å². The summed E-state index contributed by atoms with van der Waals surface area (Å²) in [6.07, 6.45) is 3.67. The van der Waals surface area contributed by atoms with Gasteiger partial charge in [0, 0.05) is 39.1 Å². The molecular formula is C20H28N4O2. The summed E-state index contributed by atoms with van der Waals surface area (Å²) in [5.74, 6) is 1.65. The molecule has 3 rings (SSSR count). The van der Waals surface area contributed by atoms with Crippen molar-refractivity contribution in [3.05, 3.63) is 48.0 Å². The average Bonchev–Trinajstić information content (AvgIpc) is 3.05. The van der Waals surface area contributed by atoms with E-state index in [9.17, 15) is 4.79 Å². The molecule has 2 heterocycles. The van der Waals surface area contributed by atoms with E-state index in [1.54, 1.807) is 6.20 Å². The van der Waals surface area contributed by atoms with Crippen LogP contribution in [0.4, 0.5) is 0 Å². The van der Waals surface area contributed by atoms with Crippen LogP contribution in [0.3, 0.4) is 0 Å². The van der Waals surface area contributed by atoms with E-state index in [-0.39, 0.29) is 24.0 Å². The molecule has 0 radical (unpaired) electrons. The fraction of sp³-hybridized carbons (Fsp3) is 0.500. The molecule has 1 aromatic carbocycles. The third-order valence-corrected chi connectivity index (χ3v) is 4.77. The molecule has 26 heavy (non-hydrogen) atoms. The number of aryl methyl sites for hydroxylation is 1. The Morgan fingerprint density at radius 1 is 1.35 bits per heavy atom. The number of amides is 1. The predicted molar refractivity (Wildman–Crippen MR) is 101 cm³/mol. The van der Waals surface area contributed by atoms with E-state index in [2.05, 4.69) is 37.1 Å². The Labute approximate surface area is 155 Å². The fourth-order valence-corrected chi connectivity index (χ4v) is 3.37. The quantitative estimate of drug-likeness (QED) is 0.913. The van der Waals surface area contributed by atoms with Crippen LogP contribution < -0.4 is 10.1 Å². The van der Waals surface area contributed by atoms with Gasteiger partial charge in [-0.1, -0.05) is 39.0 Å². The summed E-state index contributed by atoms with van der Waals surface area (Å²) in [7, 11) is 1.95. The third-order valence-electron chi connectivity index (χ3n) is 4.77. The number of aromatic nitrogens is 2. The molecule has 1 aliphatic rings. The Hall–Kier alpha value is -2.34. The summed E-state index contributed by atoms with van der Waals surface area (Å²) in [6.45, 7) is 8.61. The van der Waals surface area contributed by atoms with Crippen LogP contribution in [0.5, 0.6) is 5.75 Å². The Kier molecular flexibility index (Phi) is 5.32. The molecule has 1 amide bonds. The van der Waals surface area contributed by atoms with Crippen LogP contribution >= 0.6 is 0 Å². The van der Waals surface area contributed by atoms with E-state index in [4.69, 9.17) is 4.74 Å². The maximum absolute atomic E-state index is 12.9. The van der Waals surface area contributed by atoms with E-state index in [1.807, 2.05) is 40.9 Å². The van der Waals surface area contributed by atoms with Gasteiger partial charge in [0.2, 0.25) is 0 Å². The van der Waals surface area contributed by atoms with Crippen LogP contribution in [0.15, 0.2) is 36.7 Å². The van der Waals surface area contributed by atoms with Gasteiger partial charge >= 0.3 is 0 Å². The number of ether oxygens (including phenoxy) is 1. The molecule has 6 heteroatoms. The first-order valence-corrected chi connectivity index (χ1v) is 9.07. The maximum atomic E-state index is 12.9. The predicted octanol–water partition coefficient (Wildman–Crippen LogP) is 2.27. The molecule has 1 aromatic heterocycles. The normalized spacial score (nSPS) is 18.0. The molecule has 0 bridgehead atoms. The zero-order valence-corrected chi connectivity index (χ0v) is 16.0. The number of nitrogens with zero attached hydrogens (tertiary/aromatic N) is 3. The lowest BCUT2D eigenvalue weighted by Gasteiger charge is -2.35. The molecule has 0 aliphatic carbocycles. The van der Waals surface area contributed by atoms with E-state index < -0.39 is 0 Å². The van der Waals surface area contributed by atoms with Crippen molar-refractivity contribution < 1.29 is 9.53 Å². The highest BCUT2D eigenvalue weighted by atomic mass is 16.5. The standard InChI is InChI=1S/C20H28N4O2/c1-20(2,3)15-7-5-6-8-17(15)26-14-18(25)24-12-9-21-13-16(24)19-22-10-11-23(19)4/h5-8,10-11,16,21H,9,12-14H2,1-4H3. The van der Waals surface area contributed by atoms with Crippen molar-refractivity contribution in [1.29, 1.82) is 0 Å². The highest BCUT2D eigenvalue weighted by molar-refractivity contribution is 5.78. The number of nitrogens with one attached hydrogen (secondary N) is 1. The second-order valence-electron chi connectivity index (χ2n) is 7.74. The van der Waals surface area contributed by atoms with Crippen LogP contribution in [-0.2, 0) is 17.3 Å². The first-order chi connectivity index (χ1) is 12.4. The Morgan fingerprint density at radius 3 is 2.81 bits per heavy atom. The lowest BCUT2D eigenvalue weighted by molar-refractivity contribution is -0.137. The topological polar surface area (TPSA) is 59.4 Å². The van der Waals surface area contributed by atoms with Gasteiger partial charge in [0.1, 0.15) is 17.6 Å². The number of hydrogen-bond acceptors (Lipinski definition) is 4. The van der Waals surface area contributed by atoms with Gasteiger partial charge in [0.25, 0.3) is 5.91 Å². The van der Waals surface area contributed by atoms with Crippen molar-refractivity contribution in [3.8, 4) is 5.75 Å². The number of hydrogen-bond donors (Lipinski definition) is 1. The number of imidazole rings is 1. The smallest absolute Gasteiger partial charge is 0.261 e. The number of para-hydroxylation sites is 1. The first kappa shape index (κ1) is 18.5. The van der Waals surface area contributed by atoms with Crippen molar-refractivity contribution in [2.75, 3.05) is 26.2 Å². The zero-order chi connectivity index (χ0) is 18.7. The molecule has 0 spiro atoms. The summed E-state index contributed by atoms with van der Waals surface area (Å²) in [5, 5.41) is 3.35. The molecule has 0 saturated carbocycles. The van der Waals surface area contributed by atoms with Gasteiger partial charge in [0.15, 0.2) is 6.61 Å². The summed E-state index contributed by atoms with van der Waals surface area (Å²) in [5.41, 5.74) is 1.07.